The zero-order valence-corrected chi connectivity index (χ0v) is 13.4. The lowest BCUT2D eigenvalue weighted by molar-refractivity contribution is 0.0987. The molecule has 0 spiro atoms. The molecule has 0 fully saturated rings. The van der Waals surface area contributed by atoms with Gasteiger partial charge in [-0.15, -0.1) is 0 Å². The first-order valence-corrected chi connectivity index (χ1v) is 6.92. The van der Waals surface area contributed by atoms with Gasteiger partial charge in [-0.2, -0.15) is 0 Å². The van der Waals surface area contributed by atoms with Gasteiger partial charge in [-0.3, -0.25) is 4.79 Å². The SMILES string of the molecule is COc1nccc(N(C)C)c1NC(=O)c1cc(C(C)C)no1. The molecule has 2 rings (SSSR count). The van der Waals surface area contributed by atoms with E-state index in [0.717, 1.165) is 11.4 Å². The van der Waals surface area contributed by atoms with E-state index in [-0.39, 0.29) is 11.7 Å². The summed E-state index contributed by atoms with van der Waals surface area (Å²) in [7, 11) is 5.24. The van der Waals surface area contributed by atoms with Crippen LogP contribution in [0.3, 0.4) is 0 Å². The third-order valence-electron chi connectivity index (χ3n) is 3.15. The number of carbonyl (C=O) groups is 1. The molecule has 7 heteroatoms. The number of carbonyl (C=O) groups excluding carboxylic acids is 1. The molecule has 0 atom stereocenters. The zero-order chi connectivity index (χ0) is 16.3. The van der Waals surface area contributed by atoms with Gasteiger partial charge in [0.2, 0.25) is 11.6 Å². The minimum Gasteiger partial charge on any atom is -0.479 e. The Balaban J connectivity index is 2.31. The molecule has 0 aliphatic rings. The molecule has 2 aromatic heterocycles. The summed E-state index contributed by atoms with van der Waals surface area (Å²) < 4.78 is 10.3. The number of rotatable bonds is 5. The standard InChI is InChI=1S/C15H20N4O3/c1-9(2)10-8-12(22-18-10)14(20)17-13-11(19(3)4)6-7-16-15(13)21-5/h6-9H,1-5H3,(H,17,20). The quantitative estimate of drug-likeness (QED) is 0.914. The van der Waals surface area contributed by atoms with Crippen molar-refractivity contribution in [2.75, 3.05) is 31.4 Å². The number of hydrogen-bond acceptors (Lipinski definition) is 6. The van der Waals surface area contributed by atoms with Crippen LogP contribution in [0, 0.1) is 0 Å². The maximum absolute atomic E-state index is 12.3. The maximum Gasteiger partial charge on any atom is 0.294 e. The van der Waals surface area contributed by atoms with Crippen molar-refractivity contribution in [3.8, 4) is 5.88 Å². The molecule has 0 aromatic carbocycles. The van der Waals surface area contributed by atoms with E-state index in [0.29, 0.717) is 11.6 Å². The number of pyridine rings is 1. The van der Waals surface area contributed by atoms with Gasteiger partial charge in [0.25, 0.3) is 5.91 Å². The first-order valence-electron chi connectivity index (χ1n) is 6.92. The van der Waals surface area contributed by atoms with Gasteiger partial charge in [-0.1, -0.05) is 19.0 Å². The molecule has 1 amide bonds. The Bertz CT molecular complexity index is 665. The monoisotopic (exact) mass is 304 g/mol. The van der Waals surface area contributed by atoms with Crippen molar-refractivity contribution < 1.29 is 14.1 Å². The van der Waals surface area contributed by atoms with Crippen molar-refractivity contribution in [2.45, 2.75) is 19.8 Å². The van der Waals surface area contributed by atoms with E-state index in [1.807, 2.05) is 32.8 Å². The minimum absolute atomic E-state index is 0.152. The predicted molar refractivity (Wildman–Crippen MR) is 83.7 cm³/mol. The van der Waals surface area contributed by atoms with E-state index in [1.165, 1.54) is 7.11 Å². The van der Waals surface area contributed by atoms with Crippen LogP contribution in [-0.2, 0) is 0 Å². The normalized spacial score (nSPS) is 10.6. The second-order valence-corrected chi connectivity index (χ2v) is 5.33. The fraction of sp³-hybridized carbons (Fsp3) is 0.400. The van der Waals surface area contributed by atoms with Crippen LogP contribution in [0.25, 0.3) is 0 Å². The summed E-state index contributed by atoms with van der Waals surface area (Å²) in [4.78, 5) is 18.3. The van der Waals surface area contributed by atoms with E-state index in [9.17, 15) is 4.79 Å². The molecule has 0 aliphatic heterocycles. The number of amides is 1. The molecule has 22 heavy (non-hydrogen) atoms. The number of nitrogens with zero attached hydrogens (tertiary/aromatic N) is 3. The second kappa shape index (κ2) is 6.46. The van der Waals surface area contributed by atoms with Crippen LogP contribution in [0.1, 0.15) is 36.0 Å². The van der Waals surface area contributed by atoms with Crippen LogP contribution in [0.2, 0.25) is 0 Å². The number of anilines is 2. The molecule has 0 unspecified atom stereocenters. The fourth-order valence-corrected chi connectivity index (χ4v) is 1.92. The Hall–Kier alpha value is -2.57. The smallest absolute Gasteiger partial charge is 0.294 e. The lowest BCUT2D eigenvalue weighted by Crippen LogP contribution is -2.17. The highest BCUT2D eigenvalue weighted by molar-refractivity contribution is 6.05. The predicted octanol–water partition coefficient (Wildman–Crippen LogP) is 2.52. The molecule has 0 saturated heterocycles. The van der Waals surface area contributed by atoms with E-state index in [1.54, 1.807) is 18.3 Å². The molecule has 2 heterocycles. The van der Waals surface area contributed by atoms with E-state index >= 15 is 0 Å². The van der Waals surface area contributed by atoms with Crippen LogP contribution in [0.15, 0.2) is 22.9 Å². The van der Waals surface area contributed by atoms with Crippen molar-refractivity contribution in [3.05, 3.63) is 29.8 Å². The summed E-state index contributed by atoms with van der Waals surface area (Å²) >= 11 is 0. The average molecular weight is 304 g/mol. The lowest BCUT2D eigenvalue weighted by Gasteiger charge is -2.18. The Labute approximate surface area is 129 Å². The Morgan fingerprint density at radius 1 is 1.41 bits per heavy atom. The van der Waals surface area contributed by atoms with Crippen molar-refractivity contribution >= 4 is 17.3 Å². The number of ether oxygens (including phenoxy) is 1. The van der Waals surface area contributed by atoms with Gasteiger partial charge < -0.3 is 19.5 Å². The zero-order valence-electron chi connectivity index (χ0n) is 13.4. The summed E-state index contributed by atoms with van der Waals surface area (Å²) in [6.45, 7) is 3.96. The van der Waals surface area contributed by atoms with Gasteiger partial charge in [0.1, 0.15) is 5.69 Å². The van der Waals surface area contributed by atoms with Gasteiger partial charge in [0.15, 0.2) is 0 Å². The van der Waals surface area contributed by atoms with Crippen LogP contribution < -0.4 is 15.0 Å². The van der Waals surface area contributed by atoms with E-state index in [2.05, 4.69) is 15.5 Å². The van der Waals surface area contributed by atoms with Gasteiger partial charge in [-0.05, 0) is 12.0 Å². The van der Waals surface area contributed by atoms with Crippen molar-refractivity contribution in [3.63, 3.8) is 0 Å². The third kappa shape index (κ3) is 3.19. The lowest BCUT2D eigenvalue weighted by atomic mass is 10.1. The summed E-state index contributed by atoms with van der Waals surface area (Å²) in [5, 5.41) is 6.66. The Kier molecular flexibility index (Phi) is 4.65. The first kappa shape index (κ1) is 15.8. The number of hydrogen-bond donors (Lipinski definition) is 1. The Morgan fingerprint density at radius 2 is 2.14 bits per heavy atom. The number of nitrogens with one attached hydrogen (secondary N) is 1. The molecule has 0 bridgehead atoms. The van der Waals surface area contributed by atoms with Crippen LogP contribution in [0.4, 0.5) is 11.4 Å². The molecule has 7 nitrogen and oxygen atoms in total. The molecule has 1 N–H and O–H groups in total. The van der Waals surface area contributed by atoms with Crippen molar-refractivity contribution in [1.82, 2.24) is 10.1 Å². The molecule has 118 valence electrons. The van der Waals surface area contributed by atoms with Crippen LogP contribution in [0.5, 0.6) is 5.88 Å². The minimum atomic E-state index is -0.395. The van der Waals surface area contributed by atoms with Gasteiger partial charge >= 0.3 is 0 Å². The van der Waals surface area contributed by atoms with Gasteiger partial charge in [0, 0.05) is 26.4 Å². The third-order valence-corrected chi connectivity index (χ3v) is 3.15. The fourth-order valence-electron chi connectivity index (χ4n) is 1.92. The summed E-state index contributed by atoms with van der Waals surface area (Å²) in [5.41, 5.74) is 2.00. The number of aromatic nitrogens is 2. The largest absolute Gasteiger partial charge is 0.479 e. The second-order valence-electron chi connectivity index (χ2n) is 5.33. The molecule has 0 aliphatic carbocycles. The van der Waals surface area contributed by atoms with Crippen molar-refractivity contribution in [1.29, 1.82) is 0 Å². The number of methoxy groups -OCH3 is 1. The summed E-state index contributed by atoms with van der Waals surface area (Å²) in [6.07, 6.45) is 1.62. The average Bonchev–Trinajstić information content (AvgIpc) is 2.97. The summed E-state index contributed by atoms with van der Waals surface area (Å²) in [6, 6.07) is 3.43. The molecule has 0 radical (unpaired) electrons. The first-order chi connectivity index (χ1) is 10.4. The molecular weight excluding hydrogens is 284 g/mol. The van der Waals surface area contributed by atoms with Crippen molar-refractivity contribution in [2.24, 2.45) is 0 Å². The van der Waals surface area contributed by atoms with Gasteiger partial charge in [-0.25, -0.2) is 4.98 Å². The van der Waals surface area contributed by atoms with Crippen LogP contribution in [-0.4, -0.2) is 37.3 Å². The topological polar surface area (TPSA) is 80.5 Å². The highest BCUT2D eigenvalue weighted by atomic mass is 16.5. The highest BCUT2D eigenvalue weighted by Gasteiger charge is 2.19. The molecule has 2 aromatic rings. The van der Waals surface area contributed by atoms with E-state index < -0.39 is 5.91 Å². The van der Waals surface area contributed by atoms with E-state index in [4.69, 9.17) is 9.26 Å². The molecule has 0 saturated carbocycles. The maximum atomic E-state index is 12.3. The van der Waals surface area contributed by atoms with Gasteiger partial charge in [0.05, 0.1) is 18.5 Å². The molecular formula is C15H20N4O3. The Morgan fingerprint density at radius 3 is 2.68 bits per heavy atom. The summed E-state index contributed by atoms with van der Waals surface area (Å²) in [5.74, 6) is 0.284. The van der Waals surface area contributed by atoms with Crippen LogP contribution >= 0.6 is 0 Å². The highest BCUT2D eigenvalue weighted by Crippen LogP contribution is 2.32.